The summed E-state index contributed by atoms with van der Waals surface area (Å²) in [6.07, 6.45) is 0. The lowest BCUT2D eigenvalue weighted by Gasteiger charge is -2.13. The fourth-order valence-corrected chi connectivity index (χ4v) is 3.37. The molecule has 0 saturated carbocycles. The van der Waals surface area contributed by atoms with Gasteiger partial charge in [0.25, 0.3) is 11.8 Å². The molecule has 1 aliphatic rings. The molecule has 0 spiro atoms. The zero-order chi connectivity index (χ0) is 22.0. The minimum atomic E-state index is -0.452. The van der Waals surface area contributed by atoms with E-state index in [4.69, 9.17) is 0 Å². The standard InChI is InChI=1S/C21H21N7O3/c1-13-11-14(2)28(26-13)18-8-7-17(24-25-18)22-9-10-23-19(29)12-27-20(30)15-5-3-4-6-16(15)21(27)31/h3-8,11H,9-10,12H2,1-2H3,(H,22,24)(H,23,29). The number of amides is 3. The third-order valence-electron chi connectivity index (χ3n) is 4.81. The SMILES string of the molecule is Cc1cc(C)n(-c2ccc(NCCNC(=O)CN3C(=O)c4ccccc4C3=O)nn2)n1. The molecule has 0 aliphatic carbocycles. The van der Waals surface area contributed by atoms with Crippen molar-refractivity contribution in [2.45, 2.75) is 13.8 Å². The first-order valence-electron chi connectivity index (χ1n) is 9.77. The van der Waals surface area contributed by atoms with E-state index < -0.39 is 17.7 Å². The van der Waals surface area contributed by atoms with Crippen LogP contribution in [0, 0.1) is 13.8 Å². The third kappa shape index (κ3) is 4.13. The molecule has 3 aromatic rings. The van der Waals surface area contributed by atoms with Gasteiger partial charge in [-0.3, -0.25) is 19.3 Å². The number of imide groups is 1. The van der Waals surface area contributed by atoms with Crippen molar-refractivity contribution in [2.75, 3.05) is 25.0 Å². The molecule has 31 heavy (non-hydrogen) atoms. The Morgan fingerprint density at radius 1 is 0.968 bits per heavy atom. The molecule has 0 bridgehead atoms. The van der Waals surface area contributed by atoms with Gasteiger partial charge in [-0.15, -0.1) is 10.2 Å². The predicted octanol–water partition coefficient (Wildman–Crippen LogP) is 1.10. The lowest BCUT2D eigenvalue weighted by atomic mass is 10.1. The van der Waals surface area contributed by atoms with Crippen LogP contribution in [0.15, 0.2) is 42.5 Å². The van der Waals surface area contributed by atoms with Crippen LogP contribution in [-0.4, -0.2) is 62.2 Å². The largest absolute Gasteiger partial charge is 0.367 e. The molecule has 0 fully saturated rings. The first-order chi connectivity index (χ1) is 14.9. The number of hydrogen-bond acceptors (Lipinski definition) is 7. The molecule has 3 amide bonds. The molecular weight excluding hydrogens is 398 g/mol. The average molecular weight is 419 g/mol. The number of hydrogen-bond donors (Lipinski definition) is 2. The number of carbonyl (C=O) groups is 3. The van der Waals surface area contributed by atoms with Gasteiger partial charge in [-0.2, -0.15) is 5.10 Å². The summed E-state index contributed by atoms with van der Waals surface area (Å²) >= 11 is 0. The van der Waals surface area contributed by atoms with E-state index in [1.165, 1.54) is 0 Å². The lowest BCUT2D eigenvalue weighted by Crippen LogP contribution is -2.41. The van der Waals surface area contributed by atoms with Crippen molar-refractivity contribution in [3.05, 3.63) is 65.0 Å². The summed E-state index contributed by atoms with van der Waals surface area (Å²) in [5.74, 6) is -0.147. The number of benzene rings is 1. The van der Waals surface area contributed by atoms with Gasteiger partial charge in [0.2, 0.25) is 5.91 Å². The number of anilines is 1. The second-order valence-corrected chi connectivity index (χ2v) is 7.13. The van der Waals surface area contributed by atoms with Crippen LogP contribution in [0.4, 0.5) is 5.82 Å². The minimum absolute atomic E-state index is 0.295. The van der Waals surface area contributed by atoms with Crippen molar-refractivity contribution < 1.29 is 14.4 Å². The Morgan fingerprint density at radius 2 is 1.68 bits per heavy atom. The predicted molar refractivity (Wildman–Crippen MR) is 112 cm³/mol. The zero-order valence-corrected chi connectivity index (χ0v) is 17.1. The van der Waals surface area contributed by atoms with Crippen LogP contribution in [0.3, 0.4) is 0 Å². The Bertz CT molecular complexity index is 1120. The smallest absolute Gasteiger partial charge is 0.262 e. The normalized spacial score (nSPS) is 12.8. The monoisotopic (exact) mass is 419 g/mol. The van der Waals surface area contributed by atoms with E-state index in [1.54, 1.807) is 41.1 Å². The first-order valence-corrected chi connectivity index (χ1v) is 9.77. The second kappa shape index (κ2) is 8.34. The summed E-state index contributed by atoms with van der Waals surface area (Å²) in [4.78, 5) is 37.7. The molecule has 0 atom stereocenters. The fourth-order valence-electron chi connectivity index (χ4n) is 3.37. The number of aryl methyl sites for hydroxylation is 2. The summed E-state index contributed by atoms with van der Waals surface area (Å²) in [6, 6.07) is 12.1. The van der Waals surface area contributed by atoms with Crippen LogP contribution in [0.2, 0.25) is 0 Å². The number of carbonyl (C=O) groups excluding carboxylic acids is 3. The lowest BCUT2D eigenvalue weighted by molar-refractivity contribution is -0.121. The Morgan fingerprint density at radius 3 is 2.26 bits per heavy atom. The molecule has 3 heterocycles. The van der Waals surface area contributed by atoms with E-state index in [2.05, 4.69) is 25.9 Å². The molecule has 0 radical (unpaired) electrons. The van der Waals surface area contributed by atoms with E-state index in [0.717, 1.165) is 16.3 Å². The van der Waals surface area contributed by atoms with Crippen molar-refractivity contribution in [3.63, 3.8) is 0 Å². The van der Waals surface area contributed by atoms with Gasteiger partial charge >= 0.3 is 0 Å². The van der Waals surface area contributed by atoms with Gasteiger partial charge in [-0.25, -0.2) is 4.68 Å². The molecule has 1 aromatic carbocycles. The van der Waals surface area contributed by atoms with E-state index in [1.807, 2.05) is 19.9 Å². The van der Waals surface area contributed by atoms with Crippen LogP contribution in [0.25, 0.3) is 5.82 Å². The molecule has 2 N–H and O–H groups in total. The molecule has 4 rings (SSSR count). The van der Waals surface area contributed by atoms with Gasteiger partial charge in [0.05, 0.1) is 16.8 Å². The Kier molecular flexibility index (Phi) is 5.44. The third-order valence-corrected chi connectivity index (χ3v) is 4.81. The van der Waals surface area contributed by atoms with Crippen molar-refractivity contribution in [2.24, 2.45) is 0 Å². The van der Waals surface area contributed by atoms with Gasteiger partial charge < -0.3 is 10.6 Å². The molecule has 1 aliphatic heterocycles. The van der Waals surface area contributed by atoms with E-state index >= 15 is 0 Å². The van der Waals surface area contributed by atoms with E-state index in [-0.39, 0.29) is 6.54 Å². The Hall–Kier alpha value is -4.08. The molecule has 10 nitrogen and oxygen atoms in total. The maximum absolute atomic E-state index is 12.3. The summed E-state index contributed by atoms with van der Waals surface area (Å²) in [5, 5.41) is 18.4. The van der Waals surface area contributed by atoms with Crippen LogP contribution >= 0.6 is 0 Å². The summed E-state index contributed by atoms with van der Waals surface area (Å²) in [7, 11) is 0. The Balaban J connectivity index is 1.24. The van der Waals surface area contributed by atoms with Crippen LogP contribution in [-0.2, 0) is 4.79 Å². The fraction of sp³-hybridized carbons (Fsp3) is 0.238. The number of nitrogens with one attached hydrogen (secondary N) is 2. The molecular formula is C21H21N7O3. The van der Waals surface area contributed by atoms with Crippen molar-refractivity contribution in [3.8, 4) is 5.82 Å². The Labute approximate surface area is 178 Å². The maximum Gasteiger partial charge on any atom is 0.262 e. The average Bonchev–Trinajstić information content (AvgIpc) is 3.23. The highest BCUT2D eigenvalue weighted by Crippen LogP contribution is 2.21. The van der Waals surface area contributed by atoms with Gasteiger partial charge in [-0.05, 0) is 44.2 Å². The van der Waals surface area contributed by atoms with Gasteiger partial charge in [0.1, 0.15) is 12.4 Å². The van der Waals surface area contributed by atoms with Crippen LogP contribution < -0.4 is 10.6 Å². The number of nitrogens with zero attached hydrogens (tertiary/aromatic N) is 5. The summed E-state index contributed by atoms with van der Waals surface area (Å²) in [6.45, 7) is 4.24. The zero-order valence-electron chi connectivity index (χ0n) is 17.1. The molecule has 0 unspecified atom stereocenters. The quantitative estimate of drug-likeness (QED) is 0.434. The number of rotatable bonds is 7. The highest BCUT2D eigenvalue weighted by Gasteiger charge is 2.36. The molecule has 0 saturated heterocycles. The minimum Gasteiger partial charge on any atom is -0.367 e. The highest BCUT2D eigenvalue weighted by molar-refractivity contribution is 6.22. The maximum atomic E-state index is 12.3. The molecule has 2 aromatic heterocycles. The van der Waals surface area contributed by atoms with Crippen molar-refractivity contribution in [1.29, 1.82) is 0 Å². The van der Waals surface area contributed by atoms with Crippen LogP contribution in [0.5, 0.6) is 0 Å². The van der Waals surface area contributed by atoms with Gasteiger partial charge in [0, 0.05) is 18.8 Å². The number of fused-ring (bicyclic) bond motifs is 1. The highest BCUT2D eigenvalue weighted by atomic mass is 16.2. The van der Waals surface area contributed by atoms with E-state index in [0.29, 0.717) is 35.9 Å². The first kappa shape index (κ1) is 20.2. The summed E-state index contributed by atoms with van der Waals surface area (Å²) in [5.41, 5.74) is 2.51. The van der Waals surface area contributed by atoms with Crippen LogP contribution in [0.1, 0.15) is 32.1 Å². The molecule has 158 valence electrons. The summed E-state index contributed by atoms with van der Waals surface area (Å²) < 4.78 is 1.71. The molecule has 10 heteroatoms. The van der Waals surface area contributed by atoms with Gasteiger partial charge in [-0.1, -0.05) is 12.1 Å². The van der Waals surface area contributed by atoms with E-state index in [9.17, 15) is 14.4 Å². The van der Waals surface area contributed by atoms with Gasteiger partial charge in [0.15, 0.2) is 5.82 Å². The van der Waals surface area contributed by atoms with Crippen molar-refractivity contribution >= 4 is 23.5 Å². The number of aromatic nitrogens is 4. The van der Waals surface area contributed by atoms with Crippen molar-refractivity contribution in [1.82, 2.24) is 30.2 Å². The second-order valence-electron chi connectivity index (χ2n) is 7.13. The topological polar surface area (TPSA) is 122 Å².